The van der Waals surface area contributed by atoms with Gasteiger partial charge in [0, 0.05) is 17.9 Å². The lowest BCUT2D eigenvalue weighted by Crippen LogP contribution is -2.32. The van der Waals surface area contributed by atoms with Crippen LogP contribution in [0.15, 0.2) is 0 Å². The molecule has 0 rings (SSSR count). The molecule has 0 aliphatic carbocycles. The molecule has 0 fully saturated rings. The van der Waals surface area contributed by atoms with Crippen molar-refractivity contribution in [2.45, 2.75) is 18.9 Å². The first kappa shape index (κ1) is 17.4. The average molecular weight is 296 g/mol. The number of carbonyl (C=O) groups is 2. The second-order valence-corrected chi connectivity index (χ2v) is 4.55. The molecule has 0 saturated heterocycles. The quantitative estimate of drug-likeness (QED) is 0.226. The lowest BCUT2D eigenvalue weighted by molar-refractivity contribution is -0.757. The first-order valence-corrected chi connectivity index (χ1v) is 6.58. The summed E-state index contributed by atoms with van der Waals surface area (Å²) in [6.07, 6.45) is 0.372. The van der Waals surface area contributed by atoms with Gasteiger partial charge >= 0.3 is 11.9 Å². The highest BCUT2D eigenvalue weighted by Crippen LogP contribution is 2.05. The predicted molar refractivity (Wildman–Crippen MR) is 66.1 cm³/mol. The number of esters is 1. The summed E-state index contributed by atoms with van der Waals surface area (Å²) in [5.41, 5.74) is 5.27. The molecule has 0 spiro atoms. The average Bonchev–Trinajstić information content (AvgIpc) is 2.33. The SMILES string of the molecule is N[C@@H](CSCCC(=O)OCCCO[N+](=O)[O-])C(=O)O. The summed E-state index contributed by atoms with van der Waals surface area (Å²) in [4.78, 5) is 35.4. The molecule has 110 valence electrons. The number of hydrogen-bond donors (Lipinski definition) is 2. The molecule has 0 amide bonds. The van der Waals surface area contributed by atoms with E-state index in [1.807, 2.05) is 0 Å². The Morgan fingerprint density at radius 2 is 2.11 bits per heavy atom. The van der Waals surface area contributed by atoms with Crippen LogP contribution >= 0.6 is 11.8 Å². The van der Waals surface area contributed by atoms with Crippen LogP contribution in [0.25, 0.3) is 0 Å². The van der Waals surface area contributed by atoms with Crippen molar-refractivity contribution in [2.75, 3.05) is 24.7 Å². The number of hydrogen-bond acceptors (Lipinski definition) is 8. The standard InChI is InChI=1S/C9H16N2O7S/c10-7(9(13)14)6-19-5-2-8(12)17-3-1-4-18-11(15)16/h7H,1-6,10H2,(H,13,14)/t7-/m0/s1. The van der Waals surface area contributed by atoms with Crippen LogP contribution in [0.2, 0.25) is 0 Å². The van der Waals surface area contributed by atoms with Gasteiger partial charge in [0.15, 0.2) is 0 Å². The molecule has 0 heterocycles. The Morgan fingerprint density at radius 3 is 2.68 bits per heavy atom. The van der Waals surface area contributed by atoms with E-state index in [1.54, 1.807) is 0 Å². The minimum atomic E-state index is -1.08. The molecule has 0 aromatic rings. The zero-order chi connectivity index (χ0) is 14.7. The Labute approximate surface area is 113 Å². The molecule has 3 N–H and O–H groups in total. The Morgan fingerprint density at radius 1 is 1.42 bits per heavy atom. The van der Waals surface area contributed by atoms with E-state index in [-0.39, 0.29) is 31.8 Å². The van der Waals surface area contributed by atoms with Crippen molar-refractivity contribution in [1.82, 2.24) is 0 Å². The van der Waals surface area contributed by atoms with Gasteiger partial charge in [0.05, 0.1) is 19.6 Å². The van der Waals surface area contributed by atoms with Gasteiger partial charge in [-0.3, -0.25) is 9.59 Å². The molecule has 1 atom stereocenters. The molecule has 19 heavy (non-hydrogen) atoms. The number of carbonyl (C=O) groups excluding carboxylic acids is 1. The van der Waals surface area contributed by atoms with Gasteiger partial charge in [-0.05, 0) is 0 Å². The maximum atomic E-state index is 11.2. The summed E-state index contributed by atoms with van der Waals surface area (Å²) >= 11 is 1.24. The number of thioether (sulfide) groups is 1. The van der Waals surface area contributed by atoms with Crippen molar-refractivity contribution in [3.05, 3.63) is 10.1 Å². The second kappa shape index (κ2) is 10.4. The van der Waals surface area contributed by atoms with Gasteiger partial charge < -0.3 is 20.4 Å². The van der Waals surface area contributed by atoms with Crippen molar-refractivity contribution >= 4 is 23.7 Å². The molecule has 0 aromatic heterocycles. The topological polar surface area (TPSA) is 142 Å². The van der Waals surface area contributed by atoms with Crippen LogP contribution in [-0.4, -0.2) is 52.9 Å². The Balaban J connectivity index is 3.40. The summed E-state index contributed by atoms with van der Waals surface area (Å²) < 4.78 is 4.78. The van der Waals surface area contributed by atoms with E-state index < -0.39 is 23.1 Å². The van der Waals surface area contributed by atoms with E-state index >= 15 is 0 Å². The zero-order valence-electron chi connectivity index (χ0n) is 10.1. The fourth-order valence-corrected chi connectivity index (χ4v) is 1.77. The molecule has 0 aliphatic heterocycles. The number of carboxylic acids is 1. The van der Waals surface area contributed by atoms with Gasteiger partial charge in [-0.1, -0.05) is 0 Å². The van der Waals surface area contributed by atoms with Crippen molar-refractivity contribution in [3.8, 4) is 0 Å². The van der Waals surface area contributed by atoms with Gasteiger partial charge in [0.1, 0.15) is 6.04 Å². The van der Waals surface area contributed by atoms with E-state index in [0.717, 1.165) is 0 Å². The molecule has 0 bridgehead atoms. The van der Waals surface area contributed by atoms with Crippen molar-refractivity contribution in [3.63, 3.8) is 0 Å². The molecule has 0 unspecified atom stereocenters. The van der Waals surface area contributed by atoms with Gasteiger partial charge in [-0.25, -0.2) is 0 Å². The van der Waals surface area contributed by atoms with Crippen LogP contribution in [0, 0.1) is 10.1 Å². The number of carboxylic acid groups (broad SMARTS) is 1. The summed E-state index contributed by atoms with van der Waals surface area (Å²) in [6.45, 7) is -0.0749. The molecule has 0 saturated carbocycles. The van der Waals surface area contributed by atoms with Crippen LogP contribution in [0.3, 0.4) is 0 Å². The first-order chi connectivity index (χ1) is 8.93. The lowest BCUT2D eigenvalue weighted by Gasteiger charge is -2.06. The third kappa shape index (κ3) is 11.3. The minimum Gasteiger partial charge on any atom is -0.480 e. The molecular formula is C9H16N2O7S. The number of nitrogens with zero attached hydrogens (tertiary/aromatic N) is 1. The highest BCUT2D eigenvalue weighted by molar-refractivity contribution is 7.99. The maximum Gasteiger partial charge on any atom is 0.321 e. The smallest absolute Gasteiger partial charge is 0.321 e. The summed E-state index contributed by atoms with van der Waals surface area (Å²) in [6, 6.07) is -0.944. The Hall–Kier alpha value is -1.55. The number of ether oxygens (including phenoxy) is 1. The normalized spacial score (nSPS) is 11.6. The van der Waals surface area contributed by atoms with Crippen LogP contribution < -0.4 is 5.73 Å². The second-order valence-electron chi connectivity index (χ2n) is 3.40. The molecule has 10 heteroatoms. The molecule has 0 aromatic carbocycles. The van der Waals surface area contributed by atoms with Gasteiger partial charge in [0.2, 0.25) is 0 Å². The fraction of sp³-hybridized carbons (Fsp3) is 0.778. The summed E-state index contributed by atoms with van der Waals surface area (Å²) in [5, 5.41) is 17.4. The van der Waals surface area contributed by atoms with E-state index in [0.29, 0.717) is 5.75 Å². The summed E-state index contributed by atoms with van der Waals surface area (Å²) in [7, 11) is 0. The number of rotatable bonds is 11. The number of aliphatic carboxylic acids is 1. The van der Waals surface area contributed by atoms with Gasteiger partial charge in [-0.15, -0.1) is 10.1 Å². The highest BCUT2D eigenvalue weighted by Gasteiger charge is 2.11. The molecular weight excluding hydrogens is 280 g/mol. The van der Waals surface area contributed by atoms with Gasteiger partial charge in [-0.2, -0.15) is 11.8 Å². The minimum absolute atomic E-state index is 0.0476. The van der Waals surface area contributed by atoms with Gasteiger partial charge in [0.25, 0.3) is 5.09 Å². The van der Waals surface area contributed by atoms with Crippen molar-refractivity contribution in [1.29, 1.82) is 0 Å². The molecule has 9 nitrogen and oxygen atoms in total. The third-order valence-corrected chi connectivity index (χ3v) is 2.90. The largest absolute Gasteiger partial charge is 0.480 e. The van der Waals surface area contributed by atoms with Crippen molar-refractivity contribution in [2.24, 2.45) is 5.73 Å². The summed E-state index contributed by atoms with van der Waals surface area (Å²) in [5.74, 6) is -0.900. The fourth-order valence-electron chi connectivity index (χ4n) is 0.893. The zero-order valence-corrected chi connectivity index (χ0v) is 11.0. The Kier molecular flexibility index (Phi) is 9.53. The Bertz CT molecular complexity index is 313. The molecule has 0 aliphatic rings. The first-order valence-electron chi connectivity index (χ1n) is 5.42. The van der Waals surface area contributed by atoms with Crippen LogP contribution in [-0.2, 0) is 19.2 Å². The predicted octanol–water partition coefficient (Wildman–Crippen LogP) is -0.337. The van der Waals surface area contributed by atoms with Crippen LogP contribution in [0.1, 0.15) is 12.8 Å². The van der Waals surface area contributed by atoms with E-state index in [9.17, 15) is 19.7 Å². The van der Waals surface area contributed by atoms with Crippen LogP contribution in [0.4, 0.5) is 0 Å². The molecule has 0 radical (unpaired) electrons. The monoisotopic (exact) mass is 296 g/mol. The van der Waals surface area contributed by atoms with E-state index in [4.69, 9.17) is 15.6 Å². The third-order valence-electron chi connectivity index (χ3n) is 1.81. The lowest BCUT2D eigenvalue weighted by atomic mass is 10.4. The highest BCUT2D eigenvalue weighted by atomic mass is 32.2. The number of nitrogens with two attached hydrogens (primary N) is 1. The van der Waals surface area contributed by atoms with Crippen LogP contribution in [0.5, 0.6) is 0 Å². The van der Waals surface area contributed by atoms with Crippen molar-refractivity contribution < 1.29 is 29.4 Å². The van der Waals surface area contributed by atoms with E-state index in [2.05, 4.69) is 4.84 Å². The van der Waals surface area contributed by atoms with E-state index in [1.165, 1.54) is 11.8 Å². The maximum absolute atomic E-state index is 11.2.